The second-order valence-corrected chi connectivity index (χ2v) is 5.22. The first-order valence-corrected chi connectivity index (χ1v) is 7.01. The smallest absolute Gasteiger partial charge is 0.184 e. The zero-order valence-corrected chi connectivity index (χ0v) is 13.3. The molecule has 1 heterocycles. The van der Waals surface area contributed by atoms with E-state index in [0.29, 0.717) is 18.0 Å². The highest BCUT2D eigenvalue weighted by atomic mass is 79.9. The van der Waals surface area contributed by atoms with Gasteiger partial charge in [-0.15, -0.1) is 0 Å². The maximum Gasteiger partial charge on any atom is 0.184 e. The fourth-order valence-corrected chi connectivity index (χ4v) is 2.30. The summed E-state index contributed by atoms with van der Waals surface area (Å²) in [6.07, 6.45) is 1.71. The number of methoxy groups -OCH3 is 2. The van der Waals surface area contributed by atoms with Gasteiger partial charge in [-0.05, 0) is 24.6 Å². The van der Waals surface area contributed by atoms with Gasteiger partial charge in [-0.2, -0.15) is 0 Å². The number of nitrogens with one attached hydrogen (secondary N) is 1. The predicted octanol–water partition coefficient (Wildman–Crippen LogP) is 3.78. The van der Waals surface area contributed by atoms with Crippen molar-refractivity contribution in [2.24, 2.45) is 0 Å². The van der Waals surface area contributed by atoms with Gasteiger partial charge in [0.1, 0.15) is 5.69 Å². The summed E-state index contributed by atoms with van der Waals surface area (Å²) in [6.45, 7) is 2.63. The molecule has 20 heavy (non-hydrogen) atoms. The molecule has 0 spiro atoms. The number of pyridine rings is 1. The molecule has 2 rings (SSSR count). The molecule has 5 heteroatoms. The lowest BCUT2D eigenvalue weighted by Gasteiger charge is -2.14. The van der Waals surface area contributed by atoms with Crippen molar-refractivity contribution < 1.29 is 9.47 Å². The topological polar surface area (TPSA) is 43.4 Å². The number of hydrogen-bond acceptors (Lipinski definition) is 4. The lowest BCUT2D eigenvalue weighted by molar-refractivity contribution is 0.350. The first-order chi connectivity index (χ1) is 9.65. The van der Waals surface area contributed by atoms with Gasteiger partial charge in [0.05, 0.1) is 20.8 Å². The molecule has 0 radical (unpaired) electrons. The Morgan fingerprint density at radius 1 is 1.20 bits per heavy atom. The number of rotatable bonds is 5. The maximum atomic E-state index is 5.37. The minimum absolute atomic E-state index is 0.567. The van der Waals surface area contributed by atoms with E-state index in [4.69, 9.17) is 9.47 Å². The third kappa shape index (κ3) is 3.22. The molecule has 0 unspecified atom stereocenters. The molecule has 0 bridgehead atoms. The molecule has 0 saturated carbocycles. The van der Waals surface area contributed by atoms with E-state index in [-0.39, 0.29) is 0 Å². The van der Waals surface area contributed by atoms with Crippen LogP contribution in [0.3, 0.4) is 0 Å². The van der Waals surface area contributed by atoms with Gasteiger partial charge in [-0.1, -0.05) is 22.0 Å². The predicted molar refractivity (Wildman–Crippen MR) is 83.5 cm³/mol. The van der Waals surface area contributed by atoms with Crippen molar-refractivity contribution in [1.29, 1.82) is 0 Å². The van der Waals surface area contributed by atoms with Crippen LogP contribution in [0.15, 0.2) is 34.9 Å². The molecule has 2 aromatic rings. The Hall–Kier alpha value is -1.75. The average molecular weight is 337 g/mol. The number of anilines is 1. The highest BCUT2D eigenvalue weighted by molar-refractivity contribution is 9.10. The van der Waals surface area contributed by atoms with Crippen LogP contribution in [0.2, 0.25) is 0 Å². The van der Waals surface area contributed by atoms with E-state index in [0.717, 1.165) is 15.9 Å². The molecule has 0 aliphatic heterocycles. The van der Waals surface area contributed by atoms with Crippen LogP contribution in [0.25, 0.3) is 0 Å². The Labute approximate surface area is 127 Å². The summed E-state index contributed by atoms with van der Waals surface area (Å²) in [6, 6.07) is 7.90. The summed E-state index contributed by atoms with van der Waals surface area (Å²) in [5.41, 5.74) is 3.05. The van der Waals surface area contributed by atoms with Crippen molar-refractivity contribution >= 4 is 21.6 Å². The molecule has 4 nitrogen and oxygen atoms in total. The second kappa shape index (κ2) is 6.61. The molecule has 1 aromatic carbocycles. The average Bonchev–Trinajstić information content (AvgIpc) is 2.47. The first kappa shape index (κ1) is 14.7. The van der Waals surface area contributed by atoms with Gasteiger partial charge in [0.15, 0.2) is 11.5 Å². The molecule has 0 fully saturated rings. The Kier molecular flexibility index (Phi) is 4.84. The van der Waals surface area contributed by atoms with Gasteiger partial charge in [-0.3, -0.25) is 4.98 Å². The standard InChI is InChI=1S/C15H17BrN2O2/c1-10-4-5-11(16)8-12(10)18-9-13-15(20-3)14(19-2)6-7-17-13/h4-8,18H,9H2,1-3H3. The molecular weight excluding hydrogens is 320 g/mol. The molecule has 0 atom stereocenters. The summed E-state index contributed by atoms with van der Waals surface area (Å²) < 4.78 is 11.7. The highest BCUT2D eigenvalue weighted by Gasteiger charge is 2.11. The maximum absolute atomic E-state index is 5.37. The number of aromatic nitrogens is 1. The van der Waals surface area contributed by atoms with E-state index in [2.05, 4.69) is 39.2 Å². The van der Waals surface area contributed by atoms with Crippen LogP contribution in [-0.2, 0) is 6.54 Å². The molecule has 1 aromatic heterocycles. The van der Waals surface area contributed by atoms with Crippen molar-refractivity contribution in [3.8, 4) is 11.5 Å². The SMILES string of the molecule is COc1ccnc(CNc2cc(Br)ccc2C)c1OC. The van der Waals surface area contributed by atoms with Gasteiger partial charge in [0.2, 0.25) is 0 Å². The molecule has 106 valence electrons. The zero-order valence-electron chi connectivity index (χ0n) is 11.7. The highest BCUT2D eigenvalue weighted by Crippen LogP contribution is 2.30. The fourth-order valence-electron chi connectivity index (χ4n) is 1.94. The number of nitrogens with zero attached hydrogens (tertiary/aromatic N) is 1. The Morgan fingerprint density at radius 3 is 2.70 bits per heavy atom. The van der Waals surface area contributed by atoms with Gasteiger partial charge < -0.3 is 14.8 Å². The van der Waals surface area contributed by atoms with Crippen LogP contribution < -0.4 is 14.8 Å². The van der Waals surface area contributed by atoms with Gasteiger partial charge in [0.25, 0.3) is 0 Å². The van der Waals surface area contributed by atoms with Gasteiger partial charge in [-0.25, -0.2) is 0 Å². The number of halogens is 1. The zero-order chi connectivity index (χ0) is 14.5. The Bertz CT molecular complexity index is 602. The van der Waals surface area contributed by atoms with Gasteiger partial charge >= 0.3 is 0 Å². The van der Waals surface area contributed by atoms with Crippen molar-refractivity contribution in [2.75, 3.05) is 19.5 Å². The Morgan fingerprint density at radius 2 is 2.00 bits per heavy atom. The molecule has 1 N–H and O–H groups in total. The quantitative estimate of drug-likeness (QED) is 0.902. The van der Waals surface area contributed by atoms with Crippen LogP contribution in [-0.4, -0.2) is 19.2 Å². The van der Waals surface area contributed by atoms with Crippen molar-refractivity contribution in [1.82, 2.24) is 4.98 Å². The van der Waals surface area contributed by atoms with Crippen molar-refractivity contribution in [2.45, 2.75) is 13.5 Å². The first-order valence-electron chi connectivity index (χ1n) is 6.21. The Balaban J connectivity index is 2.20. The van der Waals surface area contributed by atoms with E-state index < -0.39 is 0 Å². The summed E-state index contributed by atoms with van der Waals surface area (Å²) in [5.74, 6) is 1.35. The van der Waals surface area contributed by atoms with E-state index in [1.807, 2.05) is 12.1 Å². The minimum Gasteiger partial charge on any atom is -0.493 e. The van der Waals surface area contributed by atoms with Gasteiger partial charge in [0, 0.05) is 22.4 Å². The second-order valence-electron chi connectivity index (χ2n) is 4.31. The van der Waals surface area contributed by atoms with E-state index in [1.54, 1.807) is 26.5 Å². The lowest BCUT2D eigenvalue weighted by atomic mass is 10.2. The monoisotopic (exact) mass is 336 g/mol. The number of benzene rings is 1. The summed E-state index contributed by atoms with van der Waals surface area (Å²) in [7, 11) is 3.24. The number of ether oxygens (including phenoxy) is 2. The lowest BCUT2D eigenvalue weighted by Crippen LogP contribution is -2.06. The van der Waals surface area contributed by atoms with Crippen LogP contribution >= 0.6 is 15.9 Å². The fraction of sp³-hybridized carbons (Fsp3) is 0.267. The van der Waals surface area contributed by atoms with Crippen LogP contribution in [0.1, 0.15) is 11.3 Å². The summed E-state index contributed by atoms with van der Waals surface area (Å²) >= 11 is 3.47. The van der Waals surface area contributed by atoms with Crippen LogP contribution in [0.5, 0.6) is 11.5 Å². The number of aryl methyl sites for hydroxylation is 1. The largest absolute Gasteiger partial charge is 0.493 e. The molecule has 0 saturated heterocycles. The minimum atomic E-state index is 0.567. The molecule has 0 aliphatic rings. The summed E-state index contributed by atoms with van der Waals surface area (Å²) in [4.78, 5) is 4.35. The third-order valence-corrected chi connectivity index (χ3v) is 3.51. The molecule has 0 amide bonds. The van der Waals surface area contributed by atoms with E-state index in [1.165, 1.54) is 5.56 Å². The van der Waals surface area contributed by atoms with Crippen molar-refractivity contribution in [3.05, 3.63) is 46.2 Å². The van der Waals surface area contributed by atoms with Crippen LogP contribution in [0, 0.1) is 6.92 Å². The summed E-state index contributed by atoms with van der Waals surface area (Å²) in [5, 5.41) is 3.37. The van der Waals surface area contributed by atoms with E-state index >= 15 is 0 Å². The third-order valence-electron chi connectivity index (χ3n) is 3.01. The normalized spacial score (nSPS) is 10.2. The molecular formula is C15H17BrN2O2. The van der Waals surface area contributed by atoms with E-state index in [9.17, 15) is 0 Å². The molecule has 0 aliphatic carbocycles. The van der Waals surface area contributed by atoms with Crippen LogP contribution in [0.4, 0.5) is 5.69 Å². The van der Waals surface area contributed by atoms with Crippen molar-refractivity contribution in [3.63, 3.8) is 0 Å². The number of hydrogen-bond donors (Lipinski definition) is 1.